The first kappa shape index (κ1) is 12.6. The molecule has 0 bridgehead atoms. The highest BCUT2D eigenvalue weighted by Crippen LogP contribution is 2.32. The number of aromatic nitrogens is 1. The summed E-state index contributed by atoms with van der Waals surface area (Å²) < 4.78 is 11.0. The van der Waals surface area contributed by atoms with Crippen LogP contribution in [0.15, 0.2) is 16.5 Å². The lowest BCUT2D eigenvalue weighted by molar-refractivity contribution is 0.414. The molecule has 5 nitrogen and oxygen atoms in total. The molecule has 0 aliphatic carbocycles. The molecule has 1 atom stereocenters. The second-order valence-corrected chi connectivity index (χ2v) is 5.10. The molecule has 0 saturated carbocycles. The van der Waals surface area contributed by atoms with E-state index in [0.717, 1.165) is 25.2 Å². The fraction of sp³-hybridized carbons (Fsp3) is 0.462. The van der Waals surface area contributed by atoms with Crippen LogP contribution in [-0.2, 0) is 0 Å². The average molecular weight is 282 g/mol. The molecule has 1 aliphatic heterocycles. The van der Waals surface area contributed by atoms with Crippen LogP contribution >= 0.6 is 11.6 Å². The van der Waals surface area contributed by atoms with Crippen molar-refractivity contribution in [1.82, 2.24) is 10.3 Å². The predicted molar refractivity (Wildman–Crippen MR) is 75.2 cm³/mol. The number of piperazine rings is 1. The van der Waals surface area contributed by atoms with E-state index in [1.54, 1.807) is 19.2 Å². The third kappa shape index (κ3) is 2.24. The molecule has 0 amide bonds. The minimum absolute atomic E-state index is 0.360. The quantitative estimate of drug-likeness (QED) is 0.915. The number of hydrogen-bond donors (Lipinski definition) is 1. The van der Waals surface area contributed by atoms with Crippen LogP contribution in [0.3, 0.4) is 0 Å². The molecule has 6 heteroatoms. The van der Waals surface area contributed by atoms with Gasteiger partial charge in [0.15, 0.2) is 5.58 Å². The second-order valence-electron chi connectivity index (χ2n) is 4.70. The smallest absolute Gasteiger partial charge is 0.298 e. The molecule has 1 N–H and O–H groups in total. The number of anilines is 1. The first-order valence-corrected chi connectivity index (χ1v) is 6.68. The summed E-state index contributed by atoms with van der Waals surface area (Å²) in [6, 6.07) is 4.56. The summed E-state index contributed by atoms with van der Waals surface area (Å²) in [4.78, 5) is 6.68. The molecule has 1 aromatic carbocycles. The van der Waals surface area contributed by atoms with Crippen LogP contribution < -0.4 is 15.0 Å². The van der Waals surface area contributed by atoms with Gasteiger partial charge in [0.25, 0.3) is 6.01 Å². The summed E-state index contributed by atoms with van der Waals surface area (Å²) in [6.45, 7) is 4.91. The Morgan fingerprint density at radius 2 is 2.37 bits per heavy atom. The average Bonchev–Trinajstić information content (AvgIpc) is 2.80. The fourth-order valence-electron chi connectivity index (χ4n) is 2.32. The Kier molecular flexibility index (Phi) is 3.24. The molecule has 0 radical (unpaired) electrons. The Balaban J connectivity index is 2.01. The zero-order valence-corrected chi connectivity index (χ0v) is 11.7. The van der Waals surface area contributed by atoms with Crippen molar-refractivity contribution in [3.8, 4) is 5.75 Å². The van der Waals surface area contributed by atoms with Crippen LogP contribution in [-0.4, -0.2) is 37.8 Å². The van der Waals surface area contributed by atoms with Crippen molar-refractivity contribution in [2.75, 3.05) is 31.6 Å². The topological polar surface area (TPSA) is 50.5 Å². The van der Waals surface area contributed by atoms with Crippen LogP contribution in [0.1, 0.15) is 6.92 Å². The van der Waals surface area contributed by atoms with Crippen molar-refractivity contribution >= 4 is 28.7 Å². The maximum atomic E-state index is 6.10. The van der Waals surface area contributed by atoms with Gasteiger partial charge in [-0.25, -0.2) is 0 Å². The zero-order chi connectivity index (χ0) is 13.4. The Morgan fingerprint density at radius 1 is 1.53 bits per heavy atom. The zero-order valence-electron chi connectivity index (χ0n) is 10.9. The van der Waals surface area contributed by atoms with Gasteiger partial charge < -0.3 is 19.4 Å². The second kappa shape index (κ2) is 4.90. The van der Waals surface area contributed by atoms with Gasteiger partial charge in [0, 0.05) is 31.7 Å². The number of fused-ring (bicyclic) bond motifs is 1. The summed E-state index contributed by atoms with van der Waals surface area (Å²) >= 11 is 6.10. The summed E-state index contributed by atoms with van der Waals surface area (Å²) in [6.07, 6.45) is 0. The SMILES string of the molecule is COc1cc2oc(N3CCNCC3C)nc2cc1Cl. The van der Waals surface area contributed by atoms with Gasteiger partial charge in [0.1, 0.15) is 11.3 Å². The Labute approximate surface area is 116 Å². The standard InChI is InChI=1S/C13H16ClN3O2/c1-8-7-15-3-4-17(8)13-16-10-5-9(14)11(18-2)6-12(10)19-13/h5-6,8,15H,3-4,7H2,1-2H3. The van der Waals surface area contributed by atoms with Crippen LogP contribution in [0.5, 0.6) is 5.75 Å². The van der Waals surface area contributed by atoms with Crippen LogP contribution in [0.25, 0.3) is 11.1 Å². The molecule has 1 unspecified atom stereocenters. The van der Waals surface area contributed by atoms with E-state index in [2.05, 4.69) is 22.1 Å². The Morgan fingerprint density at radius 3 is 3.11 bits per heavy atom. The molecule has 1 aliphatic rings. The predicted octanol–water partition coefficient (Wildman–Crippen LogP) is 2.29. The summed E-state index contributed by atoms with van der Waals surface area (Å²) in [5, 5.41) is 3.89. The summed E-state index contributed by atoms with van der Waals surface area (Å²) in [7, 11) is 1.59. The van der Waals surface area contributed by atoms with E-state index in [1.165, 1.54) is 0 Å². The molecule has 1 aromatic heterocycles. The van der Waals surface area contributed by atoms with Crippen molar-refractivity contribution in [1.29, 1.82) is 0 Å². The third-order valence-corrected chi connectivity index (χ3v) is 3.69. The molecule has 1 saturated heterocycles. The number of hydrogen-bond acceptors (Lipinski definition) is 5. The van der Waals surface area contributed by atoms with Crippen molar-refractivity contribution in [2.24, 2.45) is 0 Å². The fourth-order valence-corrected chi connectivity index (χ4v) is 2.56. The highest BCUT2D eigenvalue weighted by atomic mass is 35.5. The maximum Gasteiger partial charge on any atom is 0.298 e. The molecule has 1 fully saturated rings. The Hall–Kier alpha value is -1.46. The van der Waals surface area contributed by atoms with Gasteiger partial charge in [-0.05, 0) is 13.0 Å². The number of benzene rings is 1. The molecule has 3 rings (SSSR count). The first-order chi connectivity index (χ1) is 9.19. The molecule has 0 spiro atoms. The van der Waals surface area contributed by atoms with Gasteiger partial charge in [-0.15, -0.1) is 0 Å². The van der Waals surface area contributed by atoms with Gasteiger partial charge in [-0.2, -0.15) is 4.98 Å². The first-order valence-electron chi connectivity index (χ1n) is 6.30. The van der Waals surface area contributed by atoms with Gasteiger partial charge in [0.05, 0.1) is 12.1 Å². The maximum absolute atomic E-state index is 6.10. The molecule has 2 aromatic rings. The number of nitrogens with zero attached hydrogens (tertiary/aromatic N) is 2. The van der Waals surface area contributed by atoms with Gasteiger partial charge in [0.2, 0.25) is 0 Å². The number of methoxy groups -OCH3 is 1. The van der Waals surface area contributed by atoms with Gasteiger partial charge in [-0.1, -0.05) is 11.6 Å². The normalized spacial score (nSPS) is 19.9. The van der Waals surface area contributed by atoms with E-state index in [-0.39, 0.29) is 0 Å². The van der Waals surface area contributed by atoms with Gasteiger partial charge >= 0.3 is 0 Å². The van der Waals surface area contributed by atoms with Crippen LogP contribution in [0, 0.1) is 0 Å². The molecular formula is C13H16ClN3O2. The lowest BCUT2D eigenvalue weighted by Gasteiger charge is -2.32. The Bertz CT molecular complexity index is 599. The molecule has 2 heterocycles. The van der Waals surface area contributed by atoms with Crippen molar-refractivity contribution in [3.05, 3.63) is 17.2 Å². The minimum Gasteiger partial charge on any atom is -0.495 e. The summed E-state index contributed by atoms with van der Waals surface area (Å²) in [5.74, 6) is 0.602. The number of rotatable bonds is 2. The van der Waals surface area contributed by atoms with Crippen molar-refractivity contribution < 1.29 is 9.15 Å². The van der Waals surface area contributed by atoms with Gasteiger partial charge in [-0.3, -0.25) is 0 Å². The lowest BCUT2D eigenvalue weighted by Crippen LogP contribution is -2.50. The van der Waals surface area contributed by atoms with Crippen LogP contribution in [0.2, 0.25) is 5.02 Å². The highest BCUT2D eigenvalue weighted by molar-refractivity contribution is 6.32. The van der Waals surface area contributed by atoms with E-state index in [4.69, 9.17) is 20.8 Å². The third-order valence-electron chi connectivity index (χ3n) is 3.40. The number of halogens is 1. The largest absolute Gasteiger partial charge is 0.495 e. The minimum atomic E-state index is 0.360. The van der Waals surface area contributed by atoms with Crippen molar-refractivity contribution in [2.45, 2.75) is 13.0 Å². The van der Waals surface area contributed by atoms with E-state index in [9.17, 15) is 0 Å². The molecule has 102 valence electrons. The van der Waals surface area contributed by atoms with E-state index >= 15 is 0 Å². The number of nitrogens with one attached hydrogen (secondary N) is 1. The highest BCUT2D eigenvalue weighted by Gasteiger charge is 2.23. The molecule has 19 heavy (non-hydrogen) atoms. The number of oxazole rings is 1. The van der Waals surface area contributed by atoms with E-state index in [0.29, 0.717) is 28.4 Å². The van der Waals surface area contributed by atoms with Crippen molar-refractivity contribution in [3.63, 3.8) is 0 Å². The molecular weight excluding hydrogens is 266 g/mol. The van der Waals surface area contributed by atoms with E-state index in [1.807, 2.05) is 0 Å². The monoisotopic (exact) mass is 281 g/mol. The van der Waals surface area contributed by atoms with Crippen LogP contribution in [0.4, 0.5) is 6.01 Å². The summed E-state index contributed by atoms with van der Waals surface area (Å²) in [5.41, 5.74) is 1.45. The number of ether oxygens (including phenoxy) is 1. The van der Waals surface area contributed by atoms with E-state index < -0.39 is 0 Å². The lowest BCUT2D eigenvalue weighted by atomic mass is 10.2.